The minimum absolute atomic E-state index is 0.129. The summed E-state index contributed by atoms with van der Waals surface area (Å²) in [5, 5.41) is 5.86. The summed E-state index contributed by atoms with van der Waals surface area (Å²) >= 11 is 1.24. The van der Waals surface area contributed by atoms with Crippen LogP contribution in [0, 0.1) is 12.7 Å². The number of carbonyl (C=O) groups excluding carboxylic acids is 2. The number of hydrogen-bond acceptors (Lipinski definition) is 4. The van der Waals surface area contributed by atoms with Crippen LogP contribution < -0.4 is 10.6 Å². The molecule has 0 radical (unpaired) electrons. The van der Waals surface area contributed by atoms with E-state index < -0.39 is 0 Å². The van der Waals surface area contributed by atoms with Crippen LogP contribution in [0.3, 0.4) is 0 Å². The van der Waals surface area contributed by atoms with Crippen molar-refractivity contribution in [3.63, 3.8) is 0 Å². The Kier molecular flexibility index (Phi) is 7.59. The first-order chi connectivity index (χ1) is 16.5. The Morgan fingerprint density at radius 3 is 2.56 bits per heavy atom. The van der Waals surface area contributed by atoms with Gasteiger partial charge in [0.1, 0.15) is 5.82 Å². The van der Waals surface area contributed by atoms with Crippen molar-refractivity contribution in [3.05, 3.63) is 96.1 Å². The number of amides is 2. The molecule has 0 bridgehead atoms. The van der Waals surface area contributed by atoms with E-state index in [0.29, 0.717) is 6.54 Å². The van der Waals surface area contributed by atoms with Gasteiger partial charge in [-0.25, -0.2) is 9.37 Å². The summed E-state index contributed by atoms with van der Waals surface area (Å²) in [5.74, 6) is -0.411. The minimum atomic E-state index is -0.382. The molecule has 3 aromatic carbocycles. The molecule has 0 spiro atoms. The summed E-state index contributed by atoms with van der Waals surface area (Å²) in [7, 11) is 0. The molecule has 1 aromatic heterocycles. The quantitative estimate of drug-likeness (QED) is 0.367. The summed E-state index contributed by atoms with van der Waals surface area (Å²) in [4.78, 5) is 29.3. The highest BCUT2D eigenvalue weighted by Gasteiger charge is 2.17. The van der Waals surface area contributed by atoms with Gasteiger partial charge in [0.25, 0.3) is 0 Å². The van der Waals surface area contributed by atoms with E-state index in [1.165, 1.54) is 23.9 Å². The first kappa shape index (κ1) is 23.5. The van der Waals surface area contributed by atoms with Crippen molar-refractivity contribution < 1.29 is 14.0 Å². The van der Waals surface area contributed by atoms with Crippen LogP contribution in [0.5, 0.6) is 0 Å². The highest BCUT2D eigenvalue weighted by Crippen LogP contribution is 2.20. The number of benzene rings is 3. The van der Waals surface area contributed by atoms with E-state index in [1.807, 2.05) is 60.0 Å². The fourth-order valence-electron chi connectivity index (χ4n) is 3.67. The van der Waals surface area contributed by atoms with Crippen molar-refractivity contribution in [2.45, 2.75) is 19.5 Å². The number of rotatable bonds is 9. The summed E-state index contributed by atoms with van der Waals surface area (Å²) in [6, 6.07) is 21.0. The molecule has 174 valence electrons. The number of para-hydroxylation sites is 2. The van der Waals surface area contributed by atoms with Gasteiger partial charge in [0.2, 0.25) is 11.8 Å². The first-order valence-corrected chi connectivity index (χ1v) is 12.0. The highest BCUT2D eigenvalue weighted by molar-refractivity contribution is 8.00. The Morgan fingerprint density at radius 1 is 1.00 bits per heavy atom. The Labute approximate surface area is 201 Å². The van der Waals surface area contributed by atoms with Crippen LogP contribution in [-0.2, 0) is 16.1 Å². The maximum Gasteiger partial charge on any atom is 0.234 e. The van der Waals surface area contributed by atoms with Crippen molar-refractivity contribution in [1.29, 1.82) is 0 Å². The number of halogens is 1. The van der Waals surface area contributed by atoms with Crippen LogP contribution in [0.25, 0.3) is 11.0 Å². The zero-order chi connectivity index (χ0) is 23.9. The standard InChI is InChI=1S/C26H25FN4O2S/c1-18-5-4-6-21(13-18)29-25(32)15-34-16-26(33)30-23(19-9-11-20(27)12-10-19)14-31-17-28-22-7-2-3-8-24(22)31/h2-13,17,23H,14-16H2,1H3,(H,29,32)(H,30,33). The molecule has 4 rings (SSSR count). The molecule has 0 saturated carbocycles. The molecule has 0 saturated heterocycles. The summed E-state index contributed by atoms with van der Waals surface area (Å²) in [6.07, 6.45) is 1.73. The molecule has 0 aliphatic carbocycles. The molecule has 6 nitrogen and oxygen atoms in total. The van der Waals surface area contributed by atoms with E-state index in [4.69, 9.17) is 0 Å². The van der Waals surface area contributed by atoms with Gasteiger partial charge in [-0.15, -0.1) is 11.8 Å². The van der Waals surface area contributed by atoms with Crippen LogP contribution in [0.15, 0.2) is 79.1 Å². The molecular weight excluding hydrogens is 451 g/mol. The molecule has 2 N–H and O–H groups in total. The van der Waals surface area contributed by atoms with Crippen molar-refractivity contribution in [2.24, 2.45) is 0 Å². The van der Waals surface area contributed by atoms with Crippen LogP contribution >= 0.6 is 11.8 Å². The second-order valence-electron chi connectivity index (χ2n) is 7.97. The third kappa shape index (κ3) is 6.23. The van der Waals surface area contributed by atoms with Gasteiger partial charge in [-0.05, 0) is 54.4 Å². The summed E-state index contributed by atoms with van der Waals surface area (Å²) in [5.41, 5.74) is 4.39. The topological polar surface area (TPSA) is 76.0 Å². The average Bonchev–Trinajstić information content (AvgIpc) is 3.22. The first-order valence-electron chi connectivity index (χ1n) is 10.9. The SMILES string of the molecule is Cc1cccc(NC(=O)CSCC(=O)NC(Cn2cnc3ccccc32)c2ccc(F)cc2)c1. The lowest BCUT2D eigenvalue weighted by Crippen LogP contribution is -2.33. The number of imidazole rings is 1. The normalized spacial score (nSPS) is 11.8. The maximum atomic E-state index is 13.5. The maximum absolute atomic E-state index is 13.5. The van der Waals surface area contributed by atoms with Gasteiger partial charge in [-0.2, -0.15) is 0 Å². The van der Waals surface area contributed by atoms with Crippen molar-refractivity contribution in [1.82, 2.24) is 14.9 Å². The number of aryl methyl sites for hydroxylation is 1. The number of aromatic nitrogens is 2. The molecule has 4 aromatic rings. The van der Waals surface area contributed by atoms with Crippen molar-refractivity contribution in [3.8, 4) is 0 Å². The molecule has 0 aliphatic rings. The second-order valence-corrected chi connectivity index (χ2v) is 8.95. The average molecular weight is 477 g/mol. The lowest BCUT2D eigenvalue weighted by Gasteiger charge is -2.20. The van der Waals surface area contributed by atoms with E-state index in [-0.39, 0.29) is 35.2 Å². The van der Waals surface area contributed by atoms with E-state index in [0.717, 1.165) is 27.8 Å². The third-order valence-corrected chi connectivity index (χ3v) is 6.21. The number of nitrogens with one attached hydrogen (secondary N) is 2. The van der Waals surface area contributed by atoms with Crippen LogP contribution in [0.1, 0.15) is 17.2 Å². The molecule has 2 amide bonds. The van der Waals surface area contributed by atoms with Gasteiger partial charge < -0.3 is 15.2 Å². The molecule has 8 heteroatoms. The van der Waals surface area contributed by atoms with E-state index in [2.05, 4.69) is 15.6 Å². The van der Waals surface area contributed by atoms with Crippen LogP contribution in [-0.4, -0.2) is 32.9 Å². The smallest absolute Gasteiger partial charge is 0.234 e. The van der Waals surface area contributed by atoms with Crippen molar-refractivity contribution >= 4 is 40.3 Å². The van der Waals surface area contributed by atoms with Gasteiger partial charge in [0, 0.05) is 12.2 Å². The highest BCUT2D eigenvalue weighted by atomic mass is 32.2. The number of thioether (sulfide) groups is 1. The fourth-order valence-corrected chi connectivity index (χ4v) is 4.30. The van der Waals surface area contributed by atoms with Gasteiger partial charge in [-0.3, -0.25) is 9.59 Å². The third-order valence-electron chi connectivity index (χ3n) is 5.28. The predicted octanol–water partition coefficient (Wildman–Crippen LogP) is 4.71. The lowest BCUT2D eigenvalue weighted by molar-refractivity contribution is -0.119. The van der Waals surface area contributed by atoms with Gasteiger partial charge in [0.15, 0.2) is 0 Å². The van der Waals surface area contributed by atoms with Gasteiger partial charge >= 0.3 is 0 Å². The van der Waals surface area contributed by atoms with Crippen LogP contribution in [0.2, 0.25) is 0 Å². The molecule has 1 unspecified atom stereocenters. The summed E-state index contributed by atoms with van der Waals surface area (Å²) in [6.45, 7) is 2.40. The molecule has 0 fully saturated rings. The minimum Gasteiger partial charge on any atom is -0.347 e. The van der Waals surface area contributed by atoms with Gasteiger partial charge in [-0.1, -0.05) is 36.4 Å². The molecule has 0 aliphatic heterocycles. The molecule has 1 atom stereocenters. The largest absolute Gasteiger partial charge is 0.347 e. The second kappa shape index (κ2) is 11.0. The number of hydrogen-bond donors (Lipinski definition) is 2. The Morgan fingerprint density at radius 2 is 1.76 bits per heavy atom. The number of carbonyl (C=O) groups is 2. The molecule has 1 heterocycles. The van der Waals surface area contributed by atoms with Gasteiger partial charge in [0.05, 0.1) is 34.9 Å². The Bertz CT molecular complexity index is 1290. The van der Waals surface area contributed by atoms with E-state index in [1.54, 1.807) is 18.5 Å². The number of fused-ring (bicyclic) bond motifs is 1. The predicted molar refractivity (Wildman–Crippen MR) is 134 cm³/mol. The lowest BCUT2D eigenvalue weighted by atomic mass is 10.1. The Hall–Kier alpha value is -3.65. The van der Waals surface area contributed by atoms with E-state index in [9.17, 15) is 14.0 Å². The van der Waals surface area contributed by atoms with E-state index >= 15 is 0 Å². The molecule has 34 heavy (non-hydrogen) atoms. The monoisotopic (exact) mass is 476 g/mol. The van der Waals surface area contributed by atoms with Crippen LogP contribution in [0.4, 0.5) is 10.1 Å². The number of anilines is 1. The fraction of sp³-hybridized carbons (Fsp3) is 0.192. The Balaban J connectivity index is 1.37. The molecular formula is C26H25FN4O2S. The zero-order valence-corrected chi connectivity index (χ0v) is 19.5. The zero-order valence-electron chi connectivity index (χ0n) is 18.7. The van der Waals surface area contributed by atoms with Crippen molar-refractivity contribution in [2.75, 3.05) is 16.8 Å². The number of nitrogens with zero attached hydrogens (tertiary/aromatic N) is 2. The summed E-state index contributed by atoms with van der Waals surface area (Å²) < 4.78 is 15.4.